The third-order valence-corrected chi connectivity index (χ3v) is 4.21. The van der Waals surface area contributed by atoms with E-state index in [0.29, 0.717) is 42.9 Å². The number of likely N-dealkylation sites (N-methyl/N-ethyl adjacent to an activating group) is 1. The van der Waals surface area contributed by atoms with Gasteiger partial charge in [0, 0.05) is 12.6 Å². The Morgan fingerprint density at radius 2 is 2.24 bits per heavy atom. The van der Waals surface area contributed by atoms with Crippen molar-refractivity contribution in [2.45, 2.75) is 25.8 Å². The van der Waals surface area contributed by atoms with Crippen LogP contribution in [0.2, 0.25) is 0 Å². The van der Waals surface area contributed by atoms with Crippen LogP contribution in [0.5, 0.6) is 11.5 Å². The molecule has 1 unspecified atom stereocenters. The summed E-state index contributed by atoms with van der Waals surface area (Å²) in [4.78, 5) is 14.8. The molecule has 3 rings (SSSR count). The van der Waals surface area contributed by atoms with E-state index in [9.17, 15) is 4.79 Å². The van der Waals surface area contributed by atoms with E-state index in [-0.39, 0.29) is 5.91 Å². The van der Waals surface area contributed by atoms with Crippen LogP contribution in [0.4, 0.5) is 0 Å². The van der Waals surface area contributed by atoms with Crippen molar-refractivity contribution in [2.24, 2.45) is 0 Å². The molecular formula is C16H22N2O3. The van der Waals surface area contributed by atoms with Crippen molar-refractivity contribution in [2.75, 3.05) is 32.8 Å². The highest BCUT2D eigenvalue weighted by atomic mass is 16.6. The lowest BCUT2D eigenvalue weighted by atomic mass is 10.1. The van der Waals surface area contributed by atoms with E-state index >= 15 is 0 Å². The number of ether oxygens (including phenoxy) is 2. The van der Waals surface area contributed by atoms with Crippen LogP contribution in [0.1, 0.15) is 30.1 Å². The SMILES string of the molecule is CCN1CCCC1CNC(=O)c1cccc2c1OCCO2. The van der Waals surface area contributed by atoms with Crippen molar-refractivity contribution in [3.63, 3.8) is 0 Å². The van der Waals surface area contributed by atoms with E-state index in [1.807, 2.05) is 12.1 Å². The van der Waals surface area contributed by atoms with E-state index in [1.165, 1.54) is 6.42 Å². The molecule has 2 aliphatic heterocycles. The number of benzene rings is 1. The van der Waals surface area contributed by atoms with Crippen LogP contribution in [0, 0.1) is 0 Å². The number of fused-ring (bicyclic) bond motifs is 1. The van der Waals surface area contributed by atoms with E-state index in [0.717, 1.165) is 19.5 Å². The van der Waals surface area contributed by atoms with E-state index in [4.69, 9.17) is 9.47 Å². The molecule has 5 heteroatoms. The topological polar surface area (TPSA) is 50.8 Å². The van der Waals surface area contributed by atoms with Crippen molar-refractivity contribution in [3.05, 3.63) is 23.8 Å². The molecule has 1 saturated heterocycles. The van der Waals surface area contributed by atoms with Gasteiger partial charge in [-0.2, -0.15) is 0 Å². The van der Waals surface area contributed by atoms with Crippen LogP contribution in [0.15, 0.2) is 18.2 Å². The van der Waals surface area contributed by atoms with Crippen molar-refractivity contribution in [1.29, 1.82) is 0 Å². The lowest BCUT2D eigenvalue weighted by molar-refractivity contribution is 0.0930. The summed E-state index contributed by atoms with van der Waals surface area (Å²) in [5.41, 5.74) is 0.563. The molecule has 0 saturated carbocycles. The van der Waals surface area contributed by atoms with E-state index in [1.54, 1.807) is 6.07 Å². The molecule has 2 heterocycles. The van der Waals surface area contributed by atoms with Crippen LogP contribution >= 0.6 is 0 Å². The van der Waals surface area contributed by atoms with Gasteiger partial charge in [0.2, 0.25) is 0 Å². The first-order valence-electron chi connectivity index (χ1n) is 7.70. The number of carbonyl (C=O) groups excluding carboxylic acids is 1. The number of nitrogens with zero attached hydrogens (tertiary/aromatic N) is 1. The molecule has 5 nitrogen and oxygen atoms in total. The van der Waals surface area contributed by atoms with Gasteiger partial charge in [-0.25, -0.2) is 0 Å². The largest absolute Gasteiger partial charge is 0.486 e. The van der Waals surface area contributed by atoms with E-state index in [2.05, 4.69) is 17.1 Å². The number of hydrogen-bond donors (Lipinski definition) is 1. The number of likely N-dealkylation sites (tertiary alicyclic amines) is 1. The maximum Gasteiger partial charge on any atom is 0.255 e. The fourth-order valence-electron chi connectivity index (χ4n) is 3.10. The third-order valence-electron chi connectivity index (χ3n) is 4.21. The molecule has 1 amide bonds. The Kier molecular flexibility index (Phi) is 4.29. The lowest BCUT2D eigenvalue weighted by Crippen LogP contribution is -2.40. The van der Waals surface area contributed by atoms with Gasteiger partial charge in [0.05, 0.1) is 5.56 Å². The smallest absolute Gasteiger partial charge is 0.255 e. The molecule has 1 aromatic carbocycles. The van der Waals surface area contributed by atoms with Gasteiger partial charge in [-0.3, -0.25) is 9.69 Å². The standard InChI is InChI=1S/C16H22N2O3/c1-2-18-8-4-5-12(18)11-17-16(19)13-6-3-7-14-15(13)21-10-9-20-14/h3,6-7,12H,2,4-5,8-11H2,1H3,(H,17,19). The second kappa shape index (κ2) is 6.35. The number of rotatable bonds is 4. The van der Waals surface area contributed by atoms with Gasteiger partial charge in [-0.15, -0.1) is 0 Å². The monoisotopic (exact) mass is 290 g/mol. The Labute approximate surface area is 125 Å². The number of hydrogen-bond acceptors (Lipinski definition) is 4. The summed E-state index contributed by atoms with van der Waals surface area (Å²) in [6.45, 7) is 6.05. The maximum atomic E-state index is 12.4. The predicted octanol–water partition coefficient (Wildman–Crippen LogP) is 1.67. The lowest BCUT2D eigenvalue weighted by Gasteiger charge is -2.24. The summed E-state index contributed by atoms with van der Waals surface area (Å²) < 4.78 is 11.1. The van der Waals surface area contributed by atoms with Crippen LogP contribution in [0.25, 0.3) is 0 Å². The van der Waals surface area contributed by atoms with Gasteiger partial charge in [0.15, 0.2) is 11.5 Å². The molecule has 0 bridgehead atoms. The summed E-state index contributed by atoms with van der Waals surface area (Å²) in [6, 6.07) is 5.91. The third kappa shape index (κ3) is 2.97. The number of nitrogens with one attached hydrogen (secondary N) is 1. The first-order chi connectivity index (χ1) is 10.3. The van der Waals surface area contributed by atoms with Crippen molar-refractivity contribution in [3.8, 4) is 11.5 Å². The summed E-state index contributed by atoms with van der Waals surface area (Å²) in [5.74, 6) is 1.14. The highest BCUT2D eigenvalue weighted by molar-refractivity contribution is 5.97. The van der Waals surface area contributed by atoms with Gasteiger partial charge in [0.25, 0.3) is 5.91 Å². The second-order valence-corrected chi connectivity index (χ2v) is 5.46. The number of para-hydroxylation sites is 1. The minimum Gasteiger partial charge on any atom is -0.486 e. The second-order valence-electron chi connectivity index (χ2n) is 5.46. The number of carbonyl (C=O) groups is 1. The molecule has 1 fully saturated rings. The summed E-state index contributed by atoms with van der Waals surface area (Å²) in [7, 11) is 0. The normalized spacial score (nSPS) is 21.3. The van der Waals surface area contributed by atoms with Crippen molar-refractivity contribution in [1.82, 2.24) is 10.2 Å². The van der Waals surface area contributed by atoms with Crippen LogP contribution < -0.4 is 14.8 Å². The van der Waals surface area contributed by atoms with Gasteiger partial charge in [-0.1, -0.05) is 13.0 Å². The fraction of sp³-hybridized carbons (Fsp3) is 0.562. The van der Waals surface area contributed by atoms with Gasteiger partial charge >= 0.3 is 0 Å². The summed E-state index contributed by atoms with van der Waals surface area (Å²) in [5, 5.41) is 3.04. The molecule has 21 heavy (non-hydrogen) atoms. The van der Waals surface area contributed by atoms with Crippen LogP contribution in [0.3, 0.4) is 0 Å². The van der Waals surface area contributed by atoms with Gasteiger partial charge in [0.1, 0.15) is 13.2 Å². The predicted molar refractivity (Wildman–Crippen MR) is 80.0 cm³/mol. The molecule has 114 valence electrons. The molecule has 0 aliphatic carbocycles. The Balaban J connectivity index is 1.66. The Hall–Kier alpha value is -1.75. The highest BCUT2D eigenvalue weighted by Crippen LogP contribution is 2.33. The first kappa shape index (κ1) is 14.2. The first-order valence-corrected chi connectivity index (χ1v) is 7.70. The molecule has 1 aromatic rings. The van der Waals surface area contributed by atoms with Crippen molar-refractivity contribution < 1.29 is 14.3 Å². The average molecular weight is 290 g/mol. The molecule has 0 aromatic heterocycles. The molecular weight excluding hydrogens is 268 g/mol. The van der Waals surface area contributed by atoms with Gasteiger partial charge in [-0.05, 0) is 38.1 Å². The Morgan fingerprint density at radius 3 is 3.10 bits per heavy atom. The fourth-order valence-corrected chi connectivity index (χ4v) is 3.10. The minimum absolute atomic E-state index is 0.0831. The zero-order valence-electron chi connectivity index (χ0n) is 12.4. The Morgan fingerprint density at radius 1 is 1.38 bits per heavy atom. The van der Waals surface area contributed by atoms with Crippen LogP contribution in [-0.2, 0) is 0 Å². The zero-order valence-corrected chi connectivity index (χ0v) is 12.4. The molecule has 2 aliphatic rings. The molecule has 1 atom stereocenters. The number of amides is 1. The molecule has 0 radical (unpaired) electrons. The minimum atomic E-state index is -0.0831. The van der Waals surface area contributed by atoms with Gasteiger partial charge < -0.3 is 14.8 Å². The summed E-state index contributed by atoms with van der Waals surface area (Å²) >= 11 is 0. The zero-order chi connectivity index (χ0) is 14.7. The highest BCUT2D eigenvalue weighted by Gasteiger charge is 2.25. The maximum absolute atomic E-state index is 12.4. The van der Waals surface area contributed by atoms with E-state index < -0.39 is 0 Å². The van der Waals surface area contributed by atoms with Crippen LogP contribution in [-0.4, -0.2) is 49.7 Å². The summed E-state index contributed by atoms with van der Waals surface area (Å²) in [6.07, 6.45) is 2.37. The Bertz CT molecular complexity index is 518. The van der Waals surface area contributed by atoms with Crippen molar-refractivity contribution >= 4 is 5.91 Å². The quantitative estimate of drug-likeness (QED) is 0.916. The molecule has 1 N–H and O–H groups in total. The molecule has 0 spiro atoms. The average Bonchev–Trinajstić information content (AvgIpc) is 2.99.